The molecule has 5 rings (SSSR count). The van der Waals surface area contributed by atoms with Crippen molar-refractivity contribution >= 4 is 51.6 Å². The van der Waals surface area contributed by atoms with Gasteiger partial charge in [0.2, 0.25) is 0 Å². The van der Waals surface area contributed by atoms with Crippen molar-refractivity contribution in [1.29, 1.82) is 5.26 Å². The summed E-state index contributed by atoms with van der Waals surface area (Å²) >= 11 is 5.19. The van der Waals surface area contributed by atoms with Gasteiger partial charge in [-0.15, -0.1) is 34.0 Å². The van der Waals surface area contributed by atoms with Gasteiger partial charge in [-0.3, -0.25) is 0 Å². The van der Waals surface area contributed by atoms with Crippen molar-refractivity contribution in [3.05, 3.63) is 112 Å². The summed E-state index contributed by atoms with van der Waals surface area (Å²) in [5, 5.41) is 11.9. The first kappa shape index (κ1) is 25.9. The minimum atomic E-state index is -0.391. The Morgan fingerprint density at radius 1 is 0.842 bits per heavy atom. The van der Waals surface area contributed by atoms with Crippen molar-refractivity contribution in [2.45, 2.75) is 26.2 Å². The Bertz CT molecular complexity index is 1580. The van der Waals surface area contributed by atoms with Crippen LogP contribution < -0.4 is 4.74 Å². The molecule has 5 aromatic rings. The zero-order valence-electron chi connectivity index (χ0n) is 20.8. The number of ether oxygens (including phenoxy) is 1. The number of hydrogen-bond donors (Lipinski definition) is 0. The van der Waals surface area contributed by atoms with E-state index in [2.05, 4.69) is 48.7 Å². The zero-order chi connectivity index (χ0) is 26.3. The summed E-state index contributed by atoms with van der Waals surface area (Å²) in [5.74, 6) is 0.0570. The third kappa shape index (κ3) is 6.20. The quantitative estimate of drug-likeness (QED) is 0.104. The monoisotopic (exact) mass is 551 g/mol. The van der Waals surface area contributed by atoms with Crippen LogP contribution in [0.25, 0.3) is 31.2 Å². The predicted octanol–water partition coefficient (Wildman–Crippen LogP) is 9.83. The molecule has 0 amide bonds. The Balaban J connectivity index is 1.25. The van der Waals surface area contributed by atoms with E-state index < -0.39 is 5.97 Å². The third-order valence-corrected chi connectivity index (χ3v) is 9.41. The first-order valence-electron chi connectivity index (χ1n) is 12.4. The lowest BCUT2D eigenvalue weighted by atomic mass is 10.1. The number of nitriles is 1. The molecule has 0 atom stereocenters. The van der Waals surface area contributed by atoms with E-state index in [1.807, 2.05) is 48.5 Å². The van der Waals surface area contributed by atoms with Gasteiger partial charge in [-0.1, -0.05) is 31.5 Å². The van der Waals surface area contributed by atoms with Crippen molar-refractivity contribution in [3.63, 3.8) is 0 Å². The number of unbranched alkanes of at least 4 members (excludes halogenated alkanes) is 1. The summed E-state index contributed by atoms with van der Waals surface area (Å²) in [6, 6.07) is 29.7. The molecule has 2 aromatic carbocycles. The second-order valence-corrected chi connectivity index (χ2v) is 11.9. The molecule has 0 fully saturated rings. The van der Waals surface area contributed by atoms with Crippen LogP contribution in [-0.4, -0.2) is 5.97 Å². The molecule has 6 heteroatoms. The van der Waals surface area contributed by atoms with Crippen LogP contribution in [0.1, 0.15) is 46.1 Å². The number of thiophene rings is 3. The molecule has 38 heavy (non-hydrogen) atoms. The third-order valence-electron chi connectivity index (χ3n) is 6.03. The predicted molar refractivity (Wildman–Crippen MR) is 161 cm³/mol. The highest BCUT2D eigenvalue weighted by molar-refractivity contribution is 7.26. The van der Waals surface area contributed by atoms with Crippen LogP contribution in [0.3, 0.4) is 0 Å². The standard InChI is InChI=1S/C32H25NO2S3/c1-2-3-5-22-7-9-24(10-8-22)32(34)35-26-13-11-23(12-14-26)25(21-33)20-27-15-16-30(37-27)31-18-17-29(38-31)28-6-4-19-36-28/h4,6-20H,2-3,5H2,1H3/b25-20+. The van der Waals surface area contributed by atoms with E-state index in [4.69, 9.17) is 4.74 Å². The number of aryl methyl sites for hydroxylation is 1. The lowest BCUT2D eigenvalue weighted by molar-refractivity contribution is 0.0734. The van der Waals surface area contributed by atoms with E-state index in [-0.39, 0.29) is 0 Å². The molecular formula is C32H25NO2S3. The minimum absolute atomic E-state index is 0.391. The van der Waals surface area contributed by atoms with Crippen molar-refractivity contribution < 1.29 is 9.53 Å². The first-order chi connectivity index (χ1) is 18.6. The summed E-state index contributed by atoms with van der Waals surface area (Å²) in [4.78, 5) is 18.5. The van der Waals surface area contributed by atoms with Gasteiger partial charge >= 0.3 is 5.97 Å². The van der Waals surface area contributed by atoms with Crippen LogP contribution in [0.15, 0.2) is 90.3 Å². The van der Waals surface area contributed by atoms with E-state index in [1.165, 1.54) is 25.1 Å². The highest BCUT2D eigenvalue weighted by Gasteiger charge is 2.11. The van der Waals surface area contributed by atoms with Crippen LogP contribution in [0.2, 0.25) is 0 Å². The molecule has 0 aliphatic rings. The minimum Gasteiger partial charge on any atom is -0.423 e. The van der Waals surface area contributed by atoms with Crippen molar-refractivity contribution in [2.75, 3.05) is 0 Å². The van der Waals surface area contributed by atoms with Gasteiger partial charge in [0.05, 0.1) is 17.2 Å². The molecule has 0 saturated carbocycles. The molecule has 188 valence electrons. The Morgan fingerprint density at radius 2 is 1.53 bits per heavy atom. The van der Waals surface area contributed by atoms with E-state index in [0.29, 0.717) is 16.9 Å². The van der Waals surface area contributed by atoms with E-state index in [9.17, 15) is 10.1 Å². The Kier molecular flexibility index (Phi) is 8.30. The van der Waals surface area contributed by atoms with Crippen molar-refractivity contribution in [1.82, 2.24) is 0 Å². The number of benzene rings is 2. The average molecular weight is 552 g/mol. The molecule has 0 spiro atoms. The lowest BCUT2D eigenvalue weighted by Gasteiger charge is -2.06. The van der Waals surface area contributed by atoms with Gasteiger partial charge in [0, 0.05) is 24.4 Å². The smallest absolute Gasteiger partial charge is 0.343 e. The average Bonchev–Trinajstić information content (AvgIpc) is 3.73. The molecule has 0 aliphatic carbocycles. The van der Waals surface area contributed by atoms with Gasteiger partial charge in [0.25, 0.3) is 0 Å². The topological polar surface area (TPSA) is 50.1 Å². The van der Waals surface area contributed by atoms with Gasteiger partial charge in [0.15, 0.2) is 0 Å². The molecule has 0 bridgehead atoms. The summed E-state index contributed by atoms with van der Waals surface area (Å²) in [6.45, 7) is 2.17. The number of rotatable bonds is 9. The Morgan fingerprint density at radius 3 is 2.21 bits per heavy atom. The Hall–Kier alpha value is -3.76. The fourth-order valence-electron chi connectivity index (χ4n) is 3.96. The molecule has 0 radical (unpaired) electrons. The second kappa shape index (κ2) is 12.2. The van der Waals surface area contributed by atoms with Gasteiger partial charge in [-0.25, -0.2) is 4.79 Å². The molecular weight excluding hydrogens is 527 g/mol. The number of esters is 1. The molecule has 0 aliphatic heterocycles. The van der Waals surface area contributed by atoms with Gasteiger partial charge in [-0.05, 0) is 102 Å². The normalized spacial score (nSPS) is 11.3. The maximum Gasteiger partial charge on any atom is 0.343 e. The van der Waals surface area contributed by atoms with Crippen LogP contribution in [0.4, 0.5) is 0 Å². The number of carbonyl (C=O) groups is 1. The van der Waals surface area contributed by atoms with Crippen molar-refractivity contribution in [3.8, 4) is 31.3 Å². The van der Waals surface area contributed by atoms with Crippen LogP contribution in [-0.2, 0) is 6.42 Å². The maximum atomic E-state index is 12.6. The van der Waals surface area contributed by atoms with Gasteiger partial charge in [-0.2, -0.15) is 5.26 Å². The molecule has 0 saturated heterocycles. The fraction of sp³-hybridized carbons (Fsp3) is 0.125. The number of carbonyl (C=O) groups excluding carboxylic acids is 1. The van der Waals surface area contributed by atoms with E-state index in [1.54, 1.807) is 46.1 Å². The van der Waals surface area contributed by atoms with Gasteiger partial charge in [0.1, 0.15) is 5.75 Å². The molecule has 3 nitrogen and oxygen atoms in total. The second-order valence-electron chi connectivity index (χ2n) is 8.73. The maximum absolute atomic E-state index is 12.6. The Labute approximate surface area is 234 Å². The fourth-order valence-corrected chi connectivity index (χ4v) is 6.85. The highest BCUT2D eigenvalue weighted by Crippen LogP contribution is 2.39. The summed E-state index contributed by atoms with van der Waals surface area (Å²) in [5.41, 5.74) is 3.08. The van der Waals surface area contributed by atoms with E-state index >= 15 is 0 Å². The zero-order valence-corrected chi connectivity index (χ0v) is 23.3. The van der Waals surface area contributed by atoms with Crippen LogP contribution in [0, 0.1) is 11.3 Å². The molecule has 3 aromatic heterocycles. The molecule has 3 heterocycles. The van der Waals surface area contributed by atoms with Crippen molar-refractivity contribution in [2.24, 2.45) is 0 Å². The van der Waals surface area contributed by atoms with E-state index in [0.717, 1.165) is 29.7 Å². The van der Waals surface area contributed by atoms with Crippen LogP contribution >= 0.6 is 34.0 Å². The largest absolute Gasteiger partial charge is 0.423 e. The first-order valence-corrected chi connectivity index (χ1v) is 14.9. The van der Waals surface area contributed by atoms with Gasteiger partial charge < -0.3 is 4.74 Å². The number of hydrogen-bond acceptors (Lipinski definition) is 6. The van der Waals surface area contributed by atoms with Crippen LogP contribution in [0.5, 0.6) is 5.75 Å². The molecule has 0 N–H and O–H groups in total. The number of allylic oxidation sites excluding steroid dienone is 1. The lowest BCUT2D eigenvalue weighted by Crippen LogP contribution is -2.08. The summed E-state index contributed by atoms with van der Waals surface area (Å²) in [6.07, 6.45) is 5.19. The summed E-state index contributed by atoms with van der Waals surface area (Å²) in [7, 11) is 0. The summed E-state index contributed by atoms with van der Waals surface area (Å²) < 4.78 is 5.55. The SMILES string of the molecule is CCCCc1ccc(C(=O)Oc2ccc(/C(C#N)=C/c3ccc(-c4ccc(-c5cccs5)s4)s3)cc2)cc1. The number of nitrogens with zero attached hydrogens (tertiary/aromatic N) is 1. The highest BCUT2D eigenvalue weighted by atomic mass is 32.1. The molecule has 0 unspecified atom stereocenters.